The summed E-state index contributed by atoms with van der Waals surface area (Å²) in [5.41, 5.74) is 10.8. The van der Waals surface area contributed by atoms with Crippen molar-refractivity contribution in [3.8, 4) is 6.07 Å². The number of aromatic nitrogens is 1. The maximum absolute atomic E-state index is 8.82. The molecule has 0 atom stereocenters. The molecular weight excluding hydrogens is 246 g/mol. The first-order valence-electron chi connectivity index (χ1n) is 5.20. The summed E-state index contributed by atoms with van der Waals surface area (Å²) in [7, 11) is 0. The Labute approximate surface area is 109 Å². The number of nitrogens with two attached hydrogens (primary N) is 1. The van der Waals surface area contributed by atoms with Crippen molar-refractivity contribution in [2.24, 2.45) is 5.10 Å². The van der Waals surface area contributed by atoms with Gasteiger partial charge in [0, 0.05) is 5.38 Å². The Hall–Kier alpha value is -2.39. The van der Waals surface area contributed by atoms with Crippen LogP contribution in [0.3, 0.4) is 0 Å². The lowest BCUT2D eigenvalue weighted by molar-refractivity contribution is 1.29. The number of nitriles is 1. The van der Waals surface area contributed by atoms with Gasteiger partial charge in [0.25, 0.3) is 0 Å². The number of nitrogens with one attached hydrogen (secondary N) is 1. The largest absolute Gasteiger partial charge is 0.383 e. The Bertz CT molecular complexity index is 624. The molecular formula is C12H11N5S. The minimum atomic E-state index is 0.479. The Morgan fingerprint density at radius 3 is 3.00 bits per heavy atom. The third kappa shape index (κ3) is 2.84. The smallest absolute Gasteiger partial charge is 0.205 e. The molecule has 0 aliphatic rings. The summed E-state index contributed by atoms with van der Waals surface area (Å²) in [6, 6.07) is 7.64. The summed E-state index contributed by atoms with van der Waals surface area (Å²) in [5.74, 6) is 0.479. The topological polar surface area (TPSA) is 87.1 Å². The summed E-state index contributed by atoms with van der Waals surface area (Å²) in [5, 5.41) is 15.3. The molecule has 6 heteroatoms. The molecule has 0 unspecified atom stereocenters. The lowest BCUT2D eigenvalue weighted by Crippen LogP contribution is -1.92. The number of hydrogen-bond acceptors (Lipinski definition) is 6. The number of rotatable bonds is 3. The molecule has 1 aromatic heterocycles. The predicted molar refractivity (Wildman–Crippen MR) is 73.6 cm³/mol. The molecule has 18 heavy (non-hydrogen) atoms. The molecule has 0 amide bonds. The second-order valence-electron chi connectivity index (χ2n) is 3.63. The molecule has 3 N–H and O–H groups in total. The van der Waals surface area contributed by atoms with Crippen molar-refractivity contribution < 1.29 is 0 Å². The maximum Gasteiger partial charge on any atom is 0.205 e. The van der Waals surface area contributed by atoms with E-state index in [4.69, 9.17) is 11.0 Å². The van der Waals surface area contributed by atoms with Gasteiger partial charge in [0.2, 0.25) is 5.13 Å². The third-order valence-corrected chi connectivity index (χ3v) is 3.03. The molecule has 0 bridgehead atoms. The van der Waals surface area contributed by atoms with Crippen LogP contribution in [0, 0.1) is 18.3 Å². The molecule has 0 radical (unpaired) electrons. The number of anilines is 2. The van der Waals surface area contributed by atoms with Crippen LogP contribution in [-0.2, 0) is 0 Å². The average molecular weight is 257 g/mol. The Morgan fingerprint density at radius 1 is 1.56 bits per heavy atom. The molecule has 0 aliphatic carbocycles. The minimum absolute atomic E-state index is 0.479. The number of benzene rings is 1. The minimum Gasteiger partial charge on any atom is -0.383 e. The highest BCUT2D eigenvalue weighted by Gasteiger charge is 1.98. The monoisotopic (exact) mass is 257 g/mol. The molecule has 2 aromatic rings. The maximum atomic E-state index is 8.82. The molecule has 0 saturated heterocycles. The van der Waals surface area contributed by atoms with Crippen LogP contribution in [-0.4, -0.2) is 11.2 Å². The molecule has 0 spiro atoms. The van der Waals surface area contributed by atoms with Gasteiger partial charge in [0.15, 0.2) is 0 Å². The highest BCUT2D eigenvalue weighted by molar-refractivity contribution is 7.14. The van der Waals surface area contributed by atoms with Crippen molar-refractivity contribution in [3.05, 3.63) is 40.3 Å². The van der Waals surface area contributed by atoms with Crippen LogP contribution in [0.15, 0.2) is 28.7 Å². The van der Waals surface area contributed by atoms with E-state index in [0.717, 1.165) is 11.1 Å². The van der Waals surface area contributed by atoms with Crippen LogP contribution in [0.1, 0.15) is 16.7 Å². The van der Waals surface area contributed by atoms with Crippen molar-refractivity contribution in [2.45, 2.75) is 6.92 Å². The van der Waals surface area contributed by atoms with Crippen molar-refractivity contribution in [1.29, 1.82) is 5.26 Å². The van der Waals surface area contributed by atoms with Gasteiger partial charge in [-0.15, -0.1) is 11.3 Å². The molecule has 90 valence electrons. The zero-order chi connectivity index (χ0) is 13.0. The summed E-state index contributed by atoms with van der Waals surface area (Å²) in [4.78, 5) is 4.02. The van der Waals surface area contributed by atoms with Gasteiger partial charge in [-0.05, 0) is 30.2 Å². The Kier molecular flexibility index (Phi) is 3.55. The van der Waals surface area contributed by atoms with Gasteiger partial charge in [0.05, 0.1) is 17.8 Å². The van der Waals surface area contributed by atoms with E-state index in [0.29, 0.717) is 16.5 Å². The van der Waals surface area contributed by atoms with Crippen molar-refractivity contribution in [3.63, 3.8) is 0 Å². The van der Waals surface area contributed by atoms with E-state index in [1.165, 1.54) is 11.3 Å². The fourth-order valence-corrected chi connectivity index (χ4v) is 1.94. The van der Waals surface area contributed by atoms with Crippen molar-refractivity contribution in [2.75, 3.05) is 11.2 Å². The van der Waals surface area contributed by atoms with Gasteiger partial charge >= 0.3 is 0 Å². The normalized spacial score (nSPS) is 10.4. The number of hydrogen-bond donors (Lipinski definition) is 2. The van der Waals surface area contributed by atoms with Gasteiger partial charge in [0.1, 0.15) is 5.82 Å². The SMILES string of the molecule is Cc1cc(C=NNc2nc(N)cs2)ccc1C#N. The first-order valence-corrected chi connectivity index (χ1v) is 6.08. The summed E-state index contributed by atoms with van der Waals surface area (Å²) >= 11 is 1.39. The summed E-state index contributed by atoms with van der Waals surface area (Å²) < 4.78 is 0. The molecule has 1 aromatic carbocycles. The van der Waals surface area contributed by atoms with E-state index in [9.17, 15) is 0 Å². The number of hydrazone groups is 1. The number of aryl methyl sites for hydroxylation is 1. The predicted octanol–water partition coefficient (Wildman–Crippen LogP) is 2.35. The first-order chi connectivity index (χ1) is 8.69. The van der Waals surface area contributed by atoms with Crippen LogP contribution in [0.4, 0.5) is 10.9 Å². The van der Waals surface area contributed by atoms with Gasteiger partial charge in [-0.1, -0.05) is 6.07 Å². The van der Waals surface area contributed by atoms with Crippen molar-refractivity contribution >= 4 is 28.5 Å². The fourth-order valence-electron chi connectivity index (χ4n) is 1.39. The molecule has 5 nitrogen and oxygen atoms in total. The second-order valence-corrected chi connectivity index (χ2v) is 4.49. The molecule has 0 aliphatic heterocycles. The van der Waals surface area contributed by atoms with E-state index in [1.807, 2.05) is 19.1 Å². The lowest BCUT2D eigenvalue weighted by atomic mass is 10.1. The van der Waals surface area contributed by atoms with Crippen molar-refractivity contribution in [1.82, 2.24) is 4.98 Å². The van der Waals surface area contributed by atoms with Crippen LogP contribution < -0.4 is 11.2 Å². The number of nitrogen functional groups attached to an aromatic ring is 1. The highest BCUT2D eigenvalue weighted by Crippen LogP contribution is 2.16. The summed E-state index contributed by atoms with van der Waals surface area (Å²) in [6.45, 7) is 1.89. The van der Waals surface area contributed by atoms with E-state index < -0.39 is 0 Å². The van der Waals surface area contributed by atoms with E-state index >= 15 is 0 Å². The highest BCUT2D eigenvalue weighted by atomic mass is 32.1. The van der Waals surface area contributed by atoms with Gasteiger partial charge in [-0.2, -0.15) is 10.4 Å². The zero-order valence-corrected chi connectivity index (χ0v) is 10.5. The van der Waals surface area contributed by atoms with E-state index in [1.54, 1.807) is 17.7 Å². The molecule has 1 heterocycles. The molecule has 2 rings (SSSR count). The number of nitrogens with zero attached hydrogens (tertiary/aromatic N) is 3. The quantitative estimate of drug-likeness (QED) is 0.652. The third-order valence-electron chi connectivity index (χ3n) is 2.27. The standard InChI is InChI=1S/C12H11N5S/c1-8-4-9(2-3-10(8)5-13)6-15-17-12-16-11(14)7-18-12/h2-4,6-7H,14H2,1H3,(H,16,17). The molecule has 0 saturated carbocycles. The van der Waals surface area contributed by atoms with Crippen LogP contribution in [0.5, 0.6) is 0 Å². The van der Waals surface area contributed by atoms with Crippen LogP contribution in [0.25, 0.3) is 0 Å². The lowest BCUT2D eigenvalue weighted by Gasteiger charge is -1.98. The zero-order valence-electron chi connectivity index (χ0n) is 9.71. The van der Waals surface area contributed by atoms with Gasteiger partial charge in [-0.25, -0.2) is 4.98 Å². The Morgan fingerprint density at radius 2 is 2.39 bits per heavy atom. The van der Waals surface area contributed by atoms with Gasteiger partial charge < -0.3 is 5.73 Å². The Balaban J connectivity index is 2.05. The van der Waals surface area contributed by atoms with Crippen LogP contribution >= 0.6 is 11.3 Å². The van der Waals surface area contributed by atoms with Crippen LogP contribution in [0.2, 0.25) is 0 Å². The average Bonchev–Trinajstić information content (AvgIpc) is 2.75. The second kappa shape index (κ2) is 5.29. The summed E-state index contributed by atoms with van der Waals surface area (Å²) in [6.07, 6.45) is 1.67. The fraction of sp³-hybridized carbons (Fsp3) is 0.0833. The molecule has 0 fully saturated rings. The van der Waals surface area contributed by atoms with E-state index in [-0.39, 0.29) is 0 Å². The van der Waals surface area contributed by atoms with Gasteiger partial charge in [-0.3, -0.25) is 5.43 Å². The first kappa shape index (κ1) is 12.1. The van der Waals surface area contributed by atoms with E-state index in [2.05, 4.69) is 21.6 Å². The number of thiazole rings is 1.